The normalized spacial score (nSPS) is 12.5. The highest BCUT2D eigenvalue weighted by Gasteiger charge is 2.08. The first kappa shape index (κ1) is 18.4. The molecule has 0 spiro atoms. The number of hydrogen-bond acceptors (Lipinski definition) is 4. The van der Waals surface area contributed by atoms with Crippen LogP contribution in [-0.2, 0) is 20.6 Å². The zero-order valence-electron chi connectivity index (χ0n) is 12.7. The van der Waals surface area contributed by atoms with Crippen molar-refractivity contribution in [2.24, 2.45) is 11.7 Å². The Morgan fingerprint density at radius 2 is 1.81 bits per heavy atom. The first-order valence-corrected chi connectivity index (χ1v) is 7.73. The Balaban J connectivity index is 2.11. The van der Waals surface area contributed by atoms with E-state index in [4.69, 9.17) is 31.5 Å². The van der Waals surface area contributed by atoms with Crippen LogP contribution in [0.15, 0.2) is 24.3 Å². The summed E-state index contributed by atoms with van der Waals surface area (Å²) in [6.45, 7) is 3.80. The SMILES string of the molecule is COCCOCCOCCC(CN)Cc1cccc(Cl)c1. The molecular weight excluding hydrogens is 290 g/mol. The highest BCUT2D eigenvalue weighted by atomic mass is 35.5. The van der Waals surface area contributed by atoms with Crippen LogP contribution in [0.2, 0.25) is 5.02 Å². The third kappa shape index (κ3) is 9.06. The van der Waals surface area contributed by atoms with Gasteiger partial charge in [-0.3, -0.25) is 0 Å². The summed E-state index contributed by atoms with van der Waals surface area (Å²) >= 11 is 5.99. The molecular formula is C16H26ClNO3. The van der Waals surface area contributed by atoms with Crippen LogP contribution in [0.25, 0.3) is 0 Å². The molecule has 0 saturated carbocycles. The average molecular weight is 316 g/mol. The lowest BCUT2D eigenvalue weighted by Crippen LogP contribution is -2.19. The first-order valence-electron chi connectivity index (χ1n) is 7.35. The van der Waals surface area contributed by atoms with Crippen LogP contribution in [0.4, 0.5) is 0 Å². The number of methoxy groups -OCH3 is 1. The average Bonchev–Trinajstić information content (AvgIpc) is 2.48. The van der Waals surface area contributed by atoms with Crippen LogP contribution in [0.3, 0.4) is 0 Å². The predicted molar refractivity (Wildman–Crippen MR) is 85.8 cm³/mol. The number of ether oxygens (including phenoxy) is 3. The Morgan fingerprint density at radius 1 is 1.10 bits per heavy atom. The monoisotopic (exact) mass is 315 g/mol. The van der Waals surface area contributed by atoms with E-state index in [0.29, 0.717) is 45.5 Å². The molecule has 0 aliphatic rings. The summed E-state index contributed by atoms with van der Waals surface area (Å²) in [5, 5.41) is 0.771. The van der Waals surface area contributed by atoms with E-state index in [0.717, 1.165) is 17.9 Å². The number of hydrogen-bond donors (Lipinski definition) is 1. The lowest BCUT2D eigenvalue weighted by atomic mass is 9.97. The van der Waals surface area contributed by atoms with Crippen molar-refractivity contribution in [2.75, 3.05) is 46.7 Å². The Bertz CT molecular complexity index is 376. The van der Waals surface area contributed by atoms with E-state index in [2.05, 4.69) is 6.07 Å². The molecule has 2 N–H and O–H groups in total. The molecule has 1 aromatic rings. The van der Waals surface area contributed by atoms with Gasteiger partial charge in [-0.1, -0.05) is 23.7 Å². The number of benzene rings is 1. The predicted octanol–water partition coefficient (Wildman–Crippen LogP) is 2.53. The summed E-state index contributed by atoms with van der Waals surface area (Å²) in [5.74, 6) is 0.415. The molecule has 0 aromatic heterocycles. The second-order valence-corrected chi connectivity index (χ2v) is 5.38. The summed E-state index contributed by atoms with van der Waals surface area (Å²) in [6, 6.07) is 7.93. The fourth-order valence-corrected chi connectivity index (χ4v) is 2.23. The molecule has 21 heavy (non-hydrogen) atoms. The fraction of sp³-hybridized carbons (Fsp3) is 0.625. The molecule has 0 aliphatic heterocycles. The first-order chi connectivity index (χ1) is 10.3. The molecule has 0 amide bonds. The fourth-order valence-electron chi connectivity index (χ4n) is 2.01. The maximum atomic E-state index is 5.99. The highest BCUT2D eigenvalue weighted by molar-refractivity contribution is 6.30. The van der Waals surface area contributed by atoms with Crippen LogP contribution in [-0.4, -0.2) is 46.7 Å². The van der Waals surface area contributed by atoms with E-state index in [1.807, 2.05) is 18.2 Å². The molecule has 0 fully saturated rings. The van der Waals surface area contributed by atoms with Gasteiger partial charge >= 0.3 is 0 Å². The van der Waals surface area contributed by atoms with Crippen molar-refractivity contribution in [1.29, 1.82) is 0 Å². The molecule has 0 bridgehead atoms. The van der Waals surface area contributed by atoms with Gasteiger partial charge in [0.25, 0.3) is 0 Å². The van der Waals surface area contributed by atoms with Gasteiger partial charge in [0.2, 0.25) is 0 Å². The summed E-state index contributed by atoms with van der Waals surface area (Å²) < 4.78 is 15.8. The van der Waals surface area contributed by atoms with Gasteiger partial charge in [-0.2, -0.15) is 0 Å². The van der Waals surface area contributed by atoms with Gasteiger partial charge in [-0.25, -0.2) is 0 Å². The van der Waals surface area contributed by atoms with E-state index >= 15 is 0 Å². The van der Waals surface area contributed by atoms with Crippen molar-refractivity contribution >= 4 is 11.6 Å². The van der Waals surface area contributed by atoms with Crippen molar-refractivity contribution in [1.82, 2.24) is 0 Å². The Morgan fingerprint density at radius 3 is 2.48 bits per heavy atom. The molecule has 0 aliphatic carbocycles. The van der Waals surface area contributed by atoms with Gasteiger partial charge in [-0.05, 0) is 43.0 Å². The van der Waals surface area contributed by atoms with E-state index < -0.39 is 0 Å². The van der Waals surface area contributed by atoms with Gasteiger partial charge < -0.3 is 19.9 Å². The molecule has 1 rings (SSSR count). The molecule has 0 saturated heterocycles. The Kier molecular flexibility index (Phi) is 10.5. The van der Waals surface area contributed by atoms with E-state index in [1.54, 1.807) is 7.11 Å². The van der Waals surface area contributed by atoms with Gasteiger partial charge in [0.1, 0.15) is 0 Å². The minimum Gasteiger partial charge on any atom is -0.382 e. The second kappa shape index (κ2) is 12.0. The van der Waals surface area contributed by atoms with Gasteiger partial charge in [0.15, 0.2) is 0 Å². The summed E-state index contributed by atoms with van der Waals surface area (Å²) in [4.78, 5) is 0. The van der Waals surface area contributed by atoms with Crippen LogP contribution < -0.4 is 5.73 Å². The van der Waals surface area contributed by atoms with E-state index in [-0.39, 0.29) is 0 Å². The van der Waals surface area contributed by atoms with Crippen LogP contribution in [0, 0.1) is 5.92 Å². The number of halogens is 1. The summed E-state index contributed by atoms with van der Waals surface area (Å²) in [7, 11) is 1.66. The van der Waals surface area contributed by atoms with Gasteiger partial charge in [0.05, 0.1) is 26.4 Å². The van der Waals surface area contributed by atoms with Crippen LogP contribution in [0.1, 0.15) is 12.0 Å². The molecule has 0 heterocycles. The van der Waals surface area contributed by atoms with Crippen LogP contribution in [0.5, 0.6) is 0 Å². The van der Waals surface area contributed by atoms with Crippen LogP contribution >= 0.6 is 11.6 Å². The molecule has 1 aromatic carbocycles. The van der Waals surface area contributed by atoms with Gasteiger partial charge in [-0.15, -0.1) is 0 Å². The highest BCUT2D eigenvalue weighted by Crippen LogP contribution is 2.16. The second-order valence-electron chi connectivity index (χ2n) is 4.94. The molecule has 5 heteroatoms. The quantitative estimate of drug-likeness (QED) is 0.602. The largest absolute Gasteiger partial charge is 0.382 e. The minimum atomic E-state index is 0.415. The third-order valence-electron chi connectivity index (χ3n) is 3.22. The zero-order chi connectivity index (χ0) is 15.3. The summed E-state index contributed by atoms with van der Waals surface area (Å²) in [5.41, 5.74) is 7.05. The molecule has 0 radical (unpaired) electrons. The van der Waals surface area contributed by atoms with Gasteiger partial charge in [0, 0.05) is 18.7 Å². The van der Waals surface area contributed by atoms with E-state index in [1.165, 1.54) is 5.56 Å². The zero-order valence-corrected chi connectivity index (χ0v) is 13.5. The Labute approximate surface area is 132 Å². The van der Waals surface area contributed by atoms with Crippen molar-refractivity contribution < 1.29 is 14.2 Å². The van der Waals surface area contributed by atoms with E-state index in [9.17, 15) is 0 Å². The Hall–Kier alpha value is -0.650. The third-order valence-corrected chi connectivity index (χ3v) is 3.46. The number of rotatable bonds is 12. The lowest BCUT2D eigenvalue weighted by molar-refractivity contribution is 0.0220. The van der Waals surface area contributed by atoms with Crippen molar-refractivity contribution in [3.05, 3.63) is 34.9 Å². The number of nitrogens with two attached hydrogens (primary N) is 1. The van der Waals surface area contributed by atoms with Crippen molar-refractivity contribution in [3.8, 4) is 0 Å². The molecule has 1 unspecified atom stereocenters. The lowest BCUT2D eigenvalue weighted by Gasteiger charge is -2.15. The minimum absolute atomic E-state index is 0.415. The molecule has 4 nitrogen and oxygen atoms in total. The smallest absolute Gasteiger partial charge is 0.0701 e. The van der Waals surface area contributed by atoms with Crippen molar-refractivity contribution in [3.63, 3.8) is 0 Å². The van der Waals surface area contributed by atoms with Crippen molar-refractivity contribution in [2.45, 2.75) is 12.8 Å². The standard InChI is InChI=1S/C16H26ClNO3/c1-19-7-8-21-10-9-20-6-5-15(13-18)11-14-3-2-4-16(17)12-14/h2-4,12,15H,5-11,13,18H2,1H3. The summed E-state index contributed by atoms with van der Waals surface area (Å²) in [6.07, 6.45) is 1.88. The maximum Gasteiger partial charge on any atom is 0.0701 e. The molecule has 120 valence electrons. The maximum absolute atomic E-state index is 5.99. The molecule has 1 atom stereocenters. The topological polar surface area (TPSA) is 53.7 Å².